The molecule has 0 aliphatic carbocycles. The quantitative estimate of drug-likeness (QED) is 0.791. The zero-order valence-corrected chi connectivity index (χ0v) is 8.98. The number of hydrogen-bond acceptors (Lipinski definition) is 1. The molecular weight excluding hydrogens is 222 g/mol. The summed E-state index contributed by atoms with van der Waals surface area (Å²) in [6.07, 6.45) is -4.39. The molecule has 1 aromatic rings. The van der Waals surface area contributed by atoms with Crippen molar-refractivity contribution in [1.82, 2.24) is 5.32 Å². The first-order valence-electron chi connectivity index (χ1n) is 4.89. The minimum atomic E-state index is -4.39. The van der Waals surface area contributed by atoms with Crippen LogP contribution in [0.5, 0.6) is 0 Å². The van der Waals surface area contributed by atoms with E-state index in [1.807, 2.05) is 0 Å². The van der Waals surface area contributed by atoms with Crippen molar-refractivity contribution in [2.75, 3.05) is 0 Å². The van der Waals surface area contributed by atoms with E-state index in [0.29, 0.717) is 0 Å². The molecule has 0 fully saturated rings. The Morgan fingerprint density at radius 1 is 1.06 bits per heavy atom. The van der Waals surface area contributed by atoms with Crippen molar-refractivity contribution in [3.05, 3.63) is 35.6 Å². The fourth-order valence-electron chi connectivity index (χ4n) is 1.37. The lowest BCUT2D eigenvalue weighted by Crippen LogP contribution is -2.38. The van der Waals surface area contributed by atoms with Crippen LogP contribution < -0.4 is 5.32 Å². The summed E-state index contributed by atoms with van der Waals surface area (Å²) in [5, 5.41) is 2.41. The van der Waals surface area contributed by atoms with Gasteiger partial charge in [-0.3, -0.25) is 0 Å². The molecule has 1 N–H and O–H groups in total. The summed E-state index contributed by atoms with van der Waals surface area (Å²) in [5.41, 5.74) is 0.0163. The van der Waals surface area contributed by atoms with Crippen molar-refractivity contribution in [1.29, 1.82) is 0 Å². The second-order valence-electron chi connectivity index (χ2n) is 3.85. The second kappa shape index (κ2) is 4.82. The van der Waals surface area contributed by atoms with Gasteiger partial charge in [-0.2, -0.15) is 13.2 Å². The molecule has 1 rings (SSSR count). The number of hydrogen-bond donors (Lipinski definition) is 1. The molecule has 0 saturated heterocycles. The molecule has 1 aromatic carbocycles. The summed E-state index contributed by atoms with van der Waals surface area (Å²) < 4.78 is 50.7. The average Bonchev–Trinajstić information content (AvgIpc) is 2.14. The van der Waals surface area contributed by atoms with E-state index in [4.69, 9.17) is 0 Å². The van der Waals surface area contributed by atoms with Crippen LogP contribution in [0, 0.1) is 5.82 Å². The molecular formula is C11H13F4N. The smallest absolute Gasteiger partial charge is 0.300 e. The van der Waals surface area contributed by atoms with Gasteiger partial charge in [0.1, 0.15) is 11.9 Å². The Balaban J connectivity index is 2.97. The number of nitrogens with one attached hydrogen (secondary N) is 1. The Bertz CT molecular complexity index is 329. The molecule has 0 aliphatic rings. The lowest BCUT2D eigenvalue weighted by Gasteiger charge is -2.24. The van der Waals surface area contributed by atoms with E-state index in [9.17, 15) is 17.6 Å². The van der Waals surface area contributed by atoms with Gasteiger partial charge in [0.05, 0.1) is 0 Å². The van der Waals surface area contributed by atoms with E-state index in [2.05, 4.69) is 5.32 Å². The molecule has 1 atom stereocenters. The molecule has 0 amide bonds. The first-order valence-corrected chi connectivity index (χ1v) is 4.89. The fourth-order valence-corrected chi connectivity index (χ4v) is 1.37. The largest absolute Gasteiger partial charge is 0.407 e. The average molecular weight is 235 g/mol. The summed E-state index contributed by atoms with van der Waals surface area (Å²) in [7, 11) is 0. The van der Waals surface area contributed by atoms with Crippen LogP contribution in [0.1, 0.15) is 25.5 Å². The van der Waals surface area contributed by atoms with Gasteiger partial charge in [-0.25, -0.2) is 4.39 Å². The normalized spacial score (nSPS) is 14.2. The minimum Gasteiger partial charge on any atom is -0.300 e. The molecule has 0 aromatic heterocycles. The lowest BCUT2D eigenvalue weighted by atomic mass is 10.1. The van der Waals surface area contributed by atoms with Gasteiger partial charge in [0.2, 0.25) is 0 Å². The van der Waals surface area contributed by atoms with Crippen molar-refractivity contribution in [2.45, 2.75) is 32.1 Å². The molecule has 0 heterocycles. The van der Waals surface area contributed by atoms with Gasteiger partial charge >= 0.3 is 6.18 Å². The maximum Gasteiger partial charge on any atom is 0.407 e. The molecule has 0 bridgehead atoms. The topological polar surface area (TPSA) is 12.0 Å². The number of benzene rings is 1. The van der Waals surface area contributed by atoms with Crippen molar-refractivity contribution in [3.8, 4) is 0 Å². The summed E-state index contributed by atoms with van der Waals surface area (Å²) in [6.45, 7) is 3.25. The maximum absolute atomic E-state index is 12.7. The van der Waals surface area contributed by atoms with Gasteiger partial charge in [-0.05, 0) is 17.7 Å². The predicted molar refractivity (Wildman–Crippen MR) is 53.5 cm³/mol. The van der Waals surface area contributed by atoms with E-state index >= 15 is 0 Å². The van der Waals surface area contributed by atoms with Crippen molar-refractivity contribution >= 4 is 0 Å². The molecule has 0 saturated carbocycles. The Labute approximate surface area is 91.5 Å². The number of halogens is 4. The highest BCUT2D eigenvalue weighted by Crippen LogP contribution is 2.32. The molecule has 1 unspecified atom stereocenters. The fraction of sp³-hybridized carbons (Fsp3) is 0.455. The monoisotopic (exact) mass is 235 g/mol. The first-order chi connectivity index (χ1) is 7.30. The summed E-state index contributed by atoms with van der Waals surface area (Å²) in [5.74, 6) is -0.547. The SMILES string of the molecule is CC(C)NC(c1ccc(F)cc1)C(F)(F)F. The van der Waals surface area contributed by atoms with Gasteiger partial charge in [0.15, 0.2) is 0 Å². The predicted octanol–water partition coefficient (Wildman–Crippen LogP) is 3.43. The van der Waals surface area contributed by atoms with Gasteiger partial charge in [0, 0.05) is 6.04 Å². The van der Waals surface area contributed by atoms with Gasteiger partial charge < -0.3 is 5.32 Å². The maximum atomic E-state index is 12.7. The zero-order chi connectivity index (χ0) is 12.3. The summed E-state index contributed by atoms with van der Waals surface area (Å²) >= 11 is 0. The van der Waals surface area contributed by atoms with E-state index < -0.39 is 18.0 Å². The number of alkyl halides is 3. The van der Waals surface area contributed by atoms with Gasteiger partial charge in [-0.1, -0.05) is 26.0 Å². The Morgan fingerprint density at radius 2 is 1.56 bits per heavy atom. The molecule has 0 radical (unpaired) electrons. The highest BCUT2D eigenvalue weighted by atomic mass is 19.4. The molecule has 16 heavy (non-hydrogen) atoms. The standard InChI is InChI=1S/C11H13F4N/c1-7(2)16-10(11(13,14)15)8-3-5-9(12)6-4-8/h3-7,10,16H,1-2H3. The Hall–Kier alpha value is -1.10. The van der Waals surface area contributed by atoms with Gasteiger partial charge in [-0.15, -0.1) is 0 Å². The van der Waals surface area contributed by atoms with Crippen LogP contribution in [0.25, 0.3) is 0 Å². The highest BCUT2D eigenvalue weighted by molar-refractivity contribution is 5.21. The van der Waals surface area contributed by atoms with E-state index in [-0.39, 0.29) is 11.6 Å². The van der Waals surface area contributed by atoms with E-state index in [1.54, 1.807) is 13.8 Å². The van der Waals surface area contributed by atoms with Crippen molar-refractivity contribution in [3.63, 3.8) is 0 Å². The molecule has 0 aliphatic heterocycles. The second-order valence-corrected chi connectivity index (χ2v) is 3.85. The van der Waals surface area contributed by atoms with Crippen molar-refractivity contribution < 1.29 is 17.6 Å². The van der Waals surface area contributed by atoms with Crippen molar-refractivity contribution in [2.24, 2.45) is 0 Å². The van der Waals surface area contributed by atoms with Crippen LogP contribution in [0.2, 0.25) is 0 Å². The van der Waals surface area contributed by atoms with E-state index in [0.717, 1.165) is 24.3 Å². The van der Waals surface area contributed by atoms with Crippen LogP contribution >= 0.6 is 0 Å². The van der Waals surface area contributed by atoms with Crippen LogP contribution in [0.15, 0.2) is 24.3 Å². The number of rotatable bonds is 3. The first kappa shape index (κ1) is 13.0. The van der Waals surface area contributed by atoms with E-state index in [1.165, 1.54) is 0 Å². The molecule has 1 nitrogen and oxygen atoms in total. The molecule has 5 heteroatoms. The van der Waals surface area contributed by atoms with Gasteiger partial charge in [0.25, 0.3) is 0 Å². The third kappa shape index (κ3) is 3.48. The molecule has 90 valence electrons. The summed E-state index contributed by atoms with van der Waals surface area (Å²) in [4.78, 5) is 0. The summed E-state index contributed by atoms with van der Waals surface area (Å²) in [6, 6.07) is 2.27. The minimum absolute atomic E-state index is 0.0163. The Kier molecular flexibility index (Phi) is 3.91. The van der Waals surface area contributed by atoms with Crippen LogP contribution in [0.3, 0.4) is 0 Å². The zero-order valence-electron chi connectivity index (χ0n) is 8.98. The third-order valence-corrected chi connectivity index (χ3v) is 2.03. The van der Waals surface area contributed by atoms with Crippen LogP contribution in [-0.4, -0.2) is 12.2 Å². The lowest BCUT2D eigenvalue weighted by molar-refractivity contribution is -0.159. The van der Waals surface area contributed by atoms with Crippen LogP contribution in [0.4, 0.5) is 17.6 Å². The Morgan fingerprint density at radius 3 is 1.94 bits per heavy atom. The van der Waals surface area contributed by atoms with Crippen LogP contribution in [-0.2, 0) is 0 Å². The molecule has 0 spiro atoms. The third-order valence-electron chi connectivity index (χ3n) is 2.03. The highest BCUT2D eigenvalue weighted by Gasteiger charge is 2.40.